The maximum Gasteiger partial charge on any atom is 0.137 e. The van der Waals surface area contributed by atoms with E-state index in [0.29, 0.717) is 0 Å². The Morgan fingerprint density at radius 2 is 0.922 bits per heavy atom. The van der Waals surface area contributed by atoms with Crippen LogP contribution in [-0.4, -0.2) is 19.9 Å². The third-order valence-electron chi connectivity index (χ3n) is 10.1. The lowest BCUT2D eigenvalue weighted by molar-refractivity contribution is 0.668. The number of hydrogen-bond acceptors (Lipinski definition) is 2. The van der Waals surface area contributed by atoms with Crippen LogP contribution >= 0.6 is 0 Å². The van der Waals surface area contributed by atoms with Crippen LogP contribution in [0.2, 0.25) is 0 Å². The van der Waals surface area contributed by atoms with Gasteiger partial charge in [-0.2, -0.15) is 0 Å². The molecule has 0 atom stereocenters. The Hall–Kier alpha value is -6.29. The Labute approximate surface area is 296 Å². The van der Waals surface area contributed by atoms with Gasteiger partial charge in [-0.05, 0) is 148 Å². The smallest absolute Gasteiger partial charge is 0.137 e. The van der Waals surface area contributed by atoms with Gasteiger partial charge < -0.3 is 19.4 Å². The van der Waals surface area contributed by atoms with Gasteiger partial charge in [-0.3, -0.25) is 0 Å². The molecular weight excluding hydrogens is 625 g/mol. The summed E-state index contributed by atoms with van der Waals surface area (Å²) >= 11 is 0. The topological polar surface area (TPSA) is 73.4 Å². The number of aryl methyl sites for hydroxylation is 6. The number of hydrogen-bond donors (Lipinski definition) is 3. The lowest BCUT2D eigenvalue weighted by atomic mass is 9.93. The zero-order chi connectivity index (χ0) is 35.0. The summed E-state index contributed by atoms with van der Waals surface area (Å²) in [6.45, 7) is 13.1. The molecule has 0 unspecified atom stereocenters. The fourth-order valence-electron chi connectivity index (χ4n) is 8.18. The maximum atomic E-state index is 7.05. The van der Waals surface area contributed by atoms with Crippen molar-refractivity contribution in [3.63, 3.8) is 0 Å². The Morgan fingerprint density at radius 1 is 0.471 bits per heavy atom. The molecule has 5 heteroatoms. The summed E-state index contributed by atoms with van der Waals surface area (Å²) in [5.74, 6) is 0. The van der Waals surface area contributed by atoms with Crippen molar-refractivity contribution in [1.29, 1.82) is 0 Å². The van der Waals surface area contributed by atoms with Gasteiger partial charge in [-0.25, -0.2) is 4.98 Å². The fraction of sp³-hybridized carbons (Fsp3) is 0.130. The van der Waals surface area contributed by atoms with Crippen molar-refractivity contribution in [3.05, 3.63) is 147 Å². The second-order valence-electron chi connectivity index (χ2n) is 14.0. The Morgan fingerprint density at radius 3 is 1.43 bits per heavy atom. The summed E-state index contributed by atoms with van der Waals surface area (Å²) in [5.41, 5.74) is 26.3. The van der Waals surface area contributed by atoms with E-state index in [1.54, 1.807) is 0 Å². The molecule has 2 aliphatic rings. The number of nitrogens with zero attached hydrogens (tertiary/aromatic N) is 1. The SMILES string of the molecule is Cc1cc(C)c(-c2c3ccc([nH]3)c3nc(c(C4=C=CC=C4)c4ccc([nH]4)c4ccc([nH]4)c(-c4c(C)cc(C)cc4C)c4ccc2o4)C=C3)c(C)c1. The van der Waals surface area contributed by atoms with E-state index >= 15 is 0 Å². The highest BCUT2D eigenvalue weighted by atomic mass is 16.3. The lowest BCUT2D eigenvalue weighted by Crippen LogP contribution is -1.91. The number of H-pyrrole nitrogens is 3. The van der Waals surface area contributed by atoms with Gasteiger partial charge in [0.15, 0.2) is 0 Å². The van der Waals surface area contributed by atoms with Gasteiger partial charge in [0.05, 0.1) is 39.0 Å². The van der Waals surface area contributed by atoms with Crippen molar-refractivity contribution in [2.24, 2.45) is 0 Å². The van der Waals surface area contributed by atoms with Crippen LogP contribution in [0.5, 0.6) is 0 Å². The number of aromatic amines is 3. The van der Waals surface area contributed by atoms with E-state index in [9.17, 15) is 0 Å². The molecule has 5 nitrogen and oxygen atoms in total. The molecule has 3 N–H and O–H groups in total. The van der Waals surface area contributed by atoms with Gasteiger partial charge in [0.1, 0.15) is 11.2 Å². The number of benzene rings is 2. The standard InChI is InChI=1S/C46H38N4O/c1-25-21-27(3)42(28(4)22-25)45-38-17-13-34(49-38)32-11-15-36(47-32)44(31-9-7-8-10-31)37-16-12-33(48-37)35-14-18-39(50-35)46(41-20-19-40(45)51-41)43-29(5)23-26(2)24-30(43)6/h7-9,11-24,47,49-50H,1-6H3. The van der Waals surface area contributed by atoms with E-state index in [-0.39, 0.29) is 0 Å². The minimum Gasteiger partial charge on any atom is -0.456 e. The molecule has 10 bridgehead atoms. The van der Waals surface area contributed by atoms with E-state index in [1.807, 2.05) is 12.2 Å². The molecule has 5 aromatic heterocycles. The second kappa shape index (κ2) is 11.7. The highest BCUT2D eigenvalue weighted by molar-refractivity contribution is 6.00. The first-order valence-electron chi connectivity index (χ1n) is 17.5. The number of nitrogens with one attached hydrogen (secondary N) is 3. The van der Waals surface area contributed by atoms with Crippen LogP contribution in [0.4, 0.5) is 0 Å². The van der Waals surface area contributed by atoms with Crippen LogP contribution < -0.4 is 0 Å². The first-order valence-corrected chi connectivity index (χ1v) is 17.5. The van der Waals surface area contributed by atoms with Gasteiger partial charge in [0.25, 0.3) is 0 Å². The Kier molecular flexibility index (Phi) is 7.03. The number of allylic oxidation sites excluding steroid dienone is 3. The van der Waals surface area contributed by atoms with Crippen LogP contribution in [0, 0.1) is 41.5 Å². The van der Waals surface area contributed by atoms with Gasteiger partial charge in [-0.1, -0.05) is 41.5 Å². The molecule has 1 aliphatic carbocycles. The van der Waals surface area contributed by atoms with Gasteiger partial charge >= 0.3 is 0 Å². The van der Waals surface area contributed by atoms with Crippen molar-refractivity contribution in [2.45, 2.75) is 41.5 Å². The molecule has 51 heavy (non-hydrogen) atoms. The Balaban J connectivity index is 1.49. The minimum atomic E-state index is 0.800. The molecule has 0 radical (unpaired) electrons. The van der Waals surface area contributed by atoms with Gasteiger partial charge in [-0.15, -0.1) is 5.73 Å². The second-order valence-corrected chi connectivity index (χ2v) is 14.0. The molecule has 1 aliphatic heterocycles. The van der Waals surface area contributed by atoms with Gasteiger partial charge in [0.2, 0.25) is 0 Å². The van der Waals surface area contributed by atoms with Crippen LogP contribution in [0.1, 0.15) is 50.3 Å². The average Bonchev–Trinajstić information content (AvgIpc) is 3.93. The first kappa shape index (κ1) is 30.7. The van der Waals surface area contributed by atoms with E-state index < -0.39 is 0 Å². The quantitative estimate of drug-likeness (QED) is 0.165. The summed E-state index contributed by atoms with van der Waals surface area (Å²) in [6, 6.07) is 26.1. The number of aromatic nitrogens is 4. The average molecular weight is 663 g/mol. The van der Waals surface area contributed by atoms with Crippen molar-refractivity contribution in [1.82, 2.24) is 19.9 Å². The molecule has 0 spiro atoms. The highest BCUT2D eigenvalue weighted by Gasteiger charge is 2.19. The fourth-order valence-corrected chi connectivity index (χ4v) is 8.18. The maximum absolute atomic E-state index is 7.05. The minimum absolute atomic E-state index is 0.800. The summed E-state index contributed by atoms with van der Waals surface area (Å²) in [5, 5.41) is 0. The normalized spacial score (nSPS) is 12.9. The molecule has 248 valence electrons. The largest absolute Gasteiger partial charge is 0.456 e. The number of fused-ring (bicyclic) bond motifs is 12. The van der Waals surface area contributed by atoms with E-state index in [2.05, 4.69) is 153 Å². The predicted molar refractivity (Wildman–Crippen MR) is 214 cm³/mol. The molecule has 0 saturated carbocycles. The van der Waals surface area contributed by atoms with Crippen molar-refractivity contribution >= 4 is 62.0 Å². The van der Waals surface area contributed by atoms with E-state index in [4.69, 9.17) is 9.40 Å². The Bertz CT molecular complexity index is 2860. The number of rotatable bonds is 3. The molecule has 7 aromatic rings. The summed E-state index contributed by atoms with van der Waals surface area (Å²) < 4.78 is 7.05. The molecule has 0 fully saturated rings. The first-order chi connectivity index (χ1) is 24.7. The van der Waals surface area contributed by atoms with E-state index in [0.717, 1.165) is 83.5 Å². The van der Waals surface area contributed by atoms with Crippen LogP contribution in [-0.2, 0) is 0 Å². The predicted octanol–water partition coefficient (Wildman–Crippen LogP) is 12.3. The molecule has 0 amide bonds. The highest BCUT2D eigenvalue weighted by Crippen LogP contribution is 2.40. The van der Waals surface area contributed by atoms with Crippen molar-refractivity contribution in [2.75, 3.05) is 0 Å². The van der Waals surface area contributed by atoms with E-state index in [1.165, 1.54) is 38.9 Å². The van der Waals surface area contributed by atoms with Crippen LogP contribution in [0.25, 0.3) is 84.2 Å². The van der Waals surface area contributed by atoms with Crippen LogP contribution in [0.15, 0.2) is 101 Å². The molecular formula is C46H38N4O. The zero-order valence-electron chi connectivity index (χ0n) is 29.7. The zero-order valence-corrected chi connectivity index (χ0v) is 29.7. The molecule has 2 aromatic carbocycles. The number of furan rings is 1. The molecule has 9 rings (SSSR count). The summed E-state index contributed by atoms with van der Waals surface area (Å²) in [7, 11) is 0. The van der Waals surface area contributed by atoms with Crippen molar-refractivity contribution < 1.29 is 4.42 Å². The lowest BCUT2D eigenvalue weighted by Gasteiger charge is -2.13. The van der Waals surface area contributed by atoms with Crippen molar-refractivity contribution in [3.8, 4) is 22.3 Å². The third-order valence-corrected chi connectivity index (χ3v) is 10.1. The molecule has 0 saturated heterocycles. The van der Waals surface area contributed by atoms with Crippen LogP contribution in [0.3, 0.4) is 0 Å². The molecule has 6 heterocycles. The van der Waals surface area contributed by atoms with Gasteiger partial charge in [0, 0.05) is 27.8 Å². The monoisotopic (exact) mass is 662 g/mol. The summed E-state index contributed by atoms with van der Waals surface area (Å²) in [6.07, 6.45) is 10.2. The summed E-state index contributed by atoms with van der Waals surface area (Å²) in [4.78, 5) is 16.4. The third kappa shape index (κ3) is 5.13.